The van der Waals surface area contributed by atoms with E-state index in [2.05, 4.69) is 23.4 Å². The maximum Gasteiger partial charge on any atom is 0.141 e. The number of unbranched alkanes of at least 4 members (excludes halogenated alkanes) is 1. The van der Waals surface area contributed by atoms with Crippen LogP contribution in [-0.2, 0) is 6.42 Å². The largest absolute Gasteiger partial charge is 0.492 e. The first-order valence-electron chi connectivity index (χ1n) is 8.12. The van der Waals surface area contributed by atoms with Gasteiger partial charge in [0, 0.05) is 26.2 Å². The molecule has 1 fully saturated rings. The lowest BCUT2D eigenvalue weighted by molar-refractivity contribution is 0.150. The molecule has 1 aromatic carbocycles. The summed E-state index contributed by atoms with van der Waals surface area (Å²) in [5, 5.41) is 0.693. The highest BCUT2D eigenvalue weighted by Crippen LogP contribution is 2.29. The van der Waals surface area contributed by atoms with Gasteiger partial charge in [-0.15, -0.1) is 19.0 Å². The van der Waals surface area contributed by atoms with Gasteiger partial charge < -0.3 is 14.5 Å². The quantitative estimate of drug-likeness (QED) is 0.517. The molecular weight excluding hydrogens is 331 g/mol. The molecule has 0 amide bonds. The summed E-state index contributed by atoms with van der Waals surface area (Å²) in [6, 6.07) is 5.89. The van der Waals surface area contributed by atoms with E-state index in [4.69, 9.17) is 16.3 Å². The molecule has 1 heterocycles. The average Bonchev–Trinajstić information content (AvgIpc) is 2.51. The SMILES string of the molecule is C=CCc1cccc(Cl)c1OCCCCN1CCN(C)CC1.Cl. The van der Waals surface area contributed by atoms with Crippen LogP contribution in [0.25, 0.3) is 0 Å². The van der Waals surface area contributed by atoms with E-state index < -0.39 is 0 Å². The summed E-state index contributed by atoms with van der Waals surface area (Å²) < 4.78 is 5.92. The summed E-state index contributed by atoms with van der Waals surface area (Å²) in [4.78, 5) is 4.93. The number of para-hydroxylation sites is 1. The highest BCUT2D eigenvalue weighted by molar-refractivity contribution is 6.32. The molecule has 1 aliphatic heterocycles. The Morgan fingerprint density at radius 2 is 1.96 bits per heavy atom. The van der Waals surface area contributed by atoms with Gasteiger partial charge in [0.15, 0.2) is 0 Å². The molecule has 2 rings (SSSR count). The minimum absolute atomic E-state index is 0. The minimum atomic E-state index is 0. The maximum atomic E-state index is 6.24. The number of likely N-dealkylation sites (N-methyl/N-ethyl adjacent to an activating group) is 1. The minimum Gasteiger partial charge on any atom is -0.492 e. The molecule has 0 atom stereocenters. The molecule has 0 bridgehead atoms. The van der Waals surface area contributed by atoms with Crippen molar-refractivity contribution in [1.29, 1.82) is 0 Å². The third kappa shape index (κ3) is 6.72. The summed E-state index contributed by atoms with van der Waals surface area (Å²) in [7, 11) is 2.19. The van der Waals surface area contributed by atoms with Gasteiger partial charge in [-0.25, -0.2) is 0 Å². The number of nitrogens with zero attached hydrogens (tertiary/aromatic N) is 2. The Balaban J connectivity index is 0.00000264. The number of rotatable bonds is 8. The molecule has 5 heteroatoms. The van der Waals surface area contributed by atoms with Crippen LogP contribution in [0.15, 0.2) is 30.9 Å². The van der Waals surface area contributed by atoms with Crippen LogP contribution in [-0.4, -0.2) is 56.2 Å². The molecule has 0 spiro atoms. The van der Waals surface area contributed by atoms with E-state index in [0.717, 1.165) is 30.8 Å². The van der Waals surface area contributed by atoms with E-state index in [1.807, 2.05) is 24.3 Å². The van der Waals surface area contributed by atoms with Crippen molar-refractivity contribution < 1.29 is 4.74 Å². The smallest absolute Gasteiger partial charge is 0.141 e. The normalized spacial score (nSPS) is 15.9. The molecule has 130 valence electrons. The topological polar surface area (TPSA) is 15.7 Å². The Kier molecular flexibility index (Phi) is 9.65. The Morgan fingerprint density at radius 3 is 2.65 bits per heavy atom. The van der Waals surface area contributed by atoms with Gasteiger partial charge in [-0.2, -0.15) is 0 Å². The molecule has 0 unspecified atom stereocenters. The second-order valence-electron chi connectivity index (χ2n) is 5.92. The standard InChI is InChI=1S/C18H27ClN2O.ClH/c1-3-7-16-8-6-9-17(19)18(16)22-15-5-4-10-21-13-11-20(2)12-14-21;/h3,6,8-9H,1,4-5,7,10-15H2,2H3;1H. The number of piperazine rings is 1. The van der Waals surface area contributed by atoms with Crippen LogP contribution in [0.3, 0.4) is 0 Å². The number of benzene rings is 1. The van der Waals surface area contributed by atoms with Crippen LogP contribution < -0.4 is 4.74 Å². The van der Waals surface area contributed by atoms with Crippen LogP contribution >= 0.6 is 24.0 Å². The number of hydrogen-bond acceptors (Lipinski definition) is 3. The van der Waals surface area contributed by atoms with Crippen molar-refractivity contribution in [3.63, 3.8) is 0 Å². The van der Waals surface area contributed by atoms with Crippen LogP contribution in [0.2, 0.25) is 5.02 Å². The predicted octanol–water partition coefficient (Wildman–Crippen LogP) is 3.90. The summed E-state index contributed by atoms with van der Waals surface area (Å²) in [5.74, 6) is 0.823. The van der Waals surface area contributed by atoms with Crippen molar-refractivity contribution in [2.45, 2.75) is 19.3 Å². The first-order valence-corrected chi connectivity index (χ1v) is 8.50. The zero-order chi connectivity index (χ0) is 15.8. The van der Waals surface area contributed by atoms with Crippen molar-refractivity contribution in [2.24, 2.45) is 0 Å². The van der Waals surface area contributed by atoms with Crippen molar-refractivity contribution in [2.75, 3.05) is 46.4 Å². The van der Waals surface area contributed by atoms with Crippen LogP contribution in [0.5, 0.6) is 5.75 Å². The van der Waals surface area contributed by atoms with Gasteiger partial charge in [0.1, 0.15) is 5.75 Å². The van der Waals surface area contributed by atoms with Gasteiger partial charge in [-0.1, -0.05) is 29.8 Å². The van der Waals surface area contributed by atoms with Crippen molar-refractivity contribution in [3.05, 3.63) is 41.4 Å². The fraction of sp³-hybridized carbons (Fsp3) is 0.556. The molecule has 3 nitrogen and oxygen atoms in total. The zero-order valence-corrected chi connectivity index (χ0v) is 15.5. The highest BCUT2D eigenvalue weighted by atomic mass is 35.5. The van der Waals surface area contributed by atoms with Crippen LogP contribution in [0.1, 0.15) is 18.4 Å². The molecular formula is C18H28Cl2N2O. The molecule has 1 aliphatic rings. The van der Waals surface area contributed by atoms with Gasteiger partial charge in [0.25, 0.3) is 0 Å². The first-order chi connectivity index (χ1) is 10.7. The summed E-state index contributed by atoms with van der Waals surface area (Å²) in [5.41, 5.74) is 1.11. The Morgan fingerprint density at radius 1 is 1.22 bits per heavy atom. The fourth-order valence-electron chi connectivity index (χ4n) is 2.71. The van der Waals surface area contributed by atoms with E-state index in [0.29, 0.717) is 5.02 Å². The van der Waals surface area contributed by atoms with Crippen molar-refractivity contribution in [1.82, 2.24) is 9.80 Å². The average molecular weight is 359 g/mol. The van der Waals surface area contributed by atoms with E-state index >= 15 is 0 Å². The van der Waals surface area contributed by atoms with Crippen LogP contribution in [0.4, 0.5) is 0 Å². The van der Waals surface area contributed by atoms with Gasteiger partial charge in [0.05, 0.1) is 11.6 Å². The zero-order valence-electron chi connectivity index (χ0n) is 14.0. The lowest BCUT2D eigenvalue weighted by atomic mass is 10.1. The van der Waals surface area contributed by atoms with Crippen molar-refractivity contribution in [3.8, 4) is 5.75 Å². The van der Waals surface area contributed by atoms with E-state index in [9.17, 15) is 0 Å². The predicted molar refractivity (Wildman–Crippen MR) is 101 cm³/mol. The molecule has 0 aliphatic carbocycles. The van der Waals surface area contributed by atoms with E-state index in [1.54, 1.807) is 0 Å². The summed E-state index contributed by atoms with van der Waals surface area (Å²) >= 11 is 6.24. The number of ether oxygens (including phenoxy) is 1. The van der Waals surface area contributed by atoms with Crippen LogP contribution in [0, 0.1) is 0 Å². The monoisotopic (exact) mass is 358 g/mol. The fourth-order valence-corrected chi connectivity index (χ4v) is 2.96. The second-order valence-corrected chi connectivity index (χ2v) is 6.33. The molecule has 1 aromatic rings. The lowest BCUT2D eigenvalue weighted by Crippen LogP contribution is -2.44. The van der Waals surface area contributed by atoms with Crippen molar-refractivity contribution >= 4 is 24.0 Å². The molecule has 23 heavy (non-hydrogen) atoms. The number of allylic oxidation sites excluding steroid dienone is 1. The number of hydrogen-bond donors (Lipinski definition) is 0. The molecule has 0 aromatic heterocycles. The highest BCUT2D eigenvalue weighted by Gasteiger charge is 2.13. The second kappa shape index (κ2) is 10.9. The summed E-state index contributed by atoms with van der Waals surface area (Å²) in [6.07, 6.45) is 4.90. The Bertz CT molecular complexity index is 474. The van der Waals surface area contributed by atoms with E-state index in [1.165, 1.54) is 39.1 Å². The summed E-state index contributed by atoms with van der Waals surface area (Å²) in [6.45, 7) is 10.4. The molecule has 0 saturated carbocycles. The number of halogens is 2. The van der Waals surface area contributed by atoms with E-state index in [-0.39, 0.29) is 12.4 Å². The molecule has 1 saturated heterocycles. The van der Waals surface area contributed by atoms with Gasteiger partial charge in [-0.05, 0) is 44.5 Å². The van der Waals surface area contributed by atoms with Gasteiger partial charge in [-0.3, -0.25) is 0 Å². The van der Waals surface area contributed by atoms with Gasteiger partial charge in [0.2, 0.25) is 0 Å². The van der Waals surface area contributed by atoms with Gasteiger partial charge >= 0.3 is 0 Å². The Labute approximate surface area is 151 Å². The molecule has 0 radical (unpaired) electrons. The third-order valence-electron chi connectivity index (χ3n) is 4.12. The molecule has 0 N–H and O–H groups in total. The first kappa shape index (κ1) is 20.3. The lowest BCUT2D eigenvalue weighted by Gasteiger charge is -2.32. The third-order valence-corrected chi connectivity index (χ3v) is 4.42. The Hall–Kier alpha value is -0.740. The maximum absolute atomic E-state index is 6.24.